The van der Waals surface area contributed by atoms with Gasteiger partial charge in [-0.15, -0.1) is 0 Å². The molecule has 2 aliphatic rings. The van der Waals surface area contributed by atoms with E-state index in [1.54, 1.807) is 11.5 Å². The molecule has 19 nitrogen and oxygen atoms in total. The molecule has 2 aliphatic heterocycles. The van der Waals surface area contributed by atoms with Crippen LogP contribution in [0.3, 0.4) is 0 Å². The minimum Gasteiger partial charge on any atom is -0.395 e. The fourth-order valence-corrected chi connectivity index (χ4v) is 7.56. The van der Waals surface area contributed by atoms with Crippen LogP contribution in [0.15, 0.2) is 30.0 Å². The number of halogens is 1. The quantitative estimate of drug-likeness (QED) is 0.0912. The SMILES string of the molecule is C[C@@H](O[C@@H](F)COP(=O)(S)O[C@@H]1[C@H](O)[C@@H](COP(C)(=O)O)O[C@H]1n1cnc2c(=O)n(CCO)cnc21)n1cc2c3c(ncnc31)NCCC2. The lowest BCUT2D eigenvalue weighted by Gasteiger charge is -2.25. The Morgan fingerprint density at radius 2 is 2.00 bits per heavy atom. The van der Waals surface area contributed by atoms with Crippen molar-refractivity contribution < 1.29 is 51.7 Å². The maximum absolute atomic E-state index is 15.2. The molecule has 49 heavy (non-hydrogen) atoms. The van der Waals surface area contributed by atoms with Gasteiger partial charge in [0.1, 0.15) is 55.3 Å². The Kier molecular flexibility index (Phi) is 10.6. The molecule has 4 aromatic rings. The smallest absolute Gasteiger partial charge is 0.386 e. The predicted octanol–water partition coefficient (Wildman–Crippen LogP) is 1.75. The van der Waals surface area contributed by atoms with Crippen molar-refractivity contribution in [2.45, 2.75) is 63.4 Å². The van der Waals surface area contributed by atoms with E-state index in [0.717, 1.165) is 47.9 Å². The molecular weight excluding hydrogens is 713 g/mol. The molecule has 6 rings (SSSR count). The van der Waals surface area contributed by atoms with Crippen molar-refractivity contribution in [3.8, 4) is 0 Å². The van der Waals surface area contributed by atoms with E-state index in [1.165, 1.54) is 17.2 Å². The Bertz CT molecular complexity index is 1970. The standard InChI is InChI=1S/C26H35FN8O11P2S/c1-14(34-8-15-4-3-5-28-22-18(15)23(34)30-11-29-22)44-17(27)10-43-48(41,49)46-21-20(37)16(9-42-47(2,39)40)45-26(21)35-13-31-19-24(35)32-12-33(6-7-36)25(19)38/h8,11-14,16-17,20-21,26,36-37H,3-7,9-10H2,1-2H3,(H,39,40)(H,41,49)(H,28,29,30)/t14-,16-,17-,20-,21-,26-,48?/m1/s1. The molecule has 4 N–H and O–H groups in total. The van der Waals surface area contributed by atoms with Gasteiger partial charge in [0.2, 0.25) is 6.36 Å². The van der Waals surface area contributed by atoms with Crippen molar-refractivity contribution in [1.29, 1.82) is 0 Å². The number of ether oxygens (including phenoxy) is 2. The first-order valence-electron chi connectivity index (χ1n) is 15.1. The Morgan fingerprint density at radius 3 is 2.76 bits per heavy atom. The van der Waals surface area contributed by atoms with Gasteiger partial charge in [0.05, 0.1) is 31.5 Å². The Hall–Kier alpha value is -2.81. The molecule has 1 saturated heterocycles. The lowest BCUT2D eigenvalue weighted by atomic mass is 10.1. The lowest BCUT2D eigenvalue weighted by Crippen LogP contribution is -2.35. The van der Waals surface area contributed by atoms with Crippen molar-refractivity contribution >= 4 is 54.7 Å². The van der Waals surface area contributed by atoms with E-state index in [0.29, 0.717) is 11.5 Å². The topological polar surface area (TPSA) is 236 Å². The fraction of sp³-hybridized carbons (Fsp3) is 0.577. The van der Waals surface area contributed by atoms with Gasteiger partial charge in [-0.2, -0.15) is 0 Å². The predicted molar refractivity (Wildman–Crippen MR) is 173 cm³/mol. The Balaban J connectivity index is 1.17. The van der Waals surface area contributed by atoms with Gasteiger partial charge in [-0.3, -0.25) is 27.5 Å². The second-order valence-electron chi connectivity index (χ2n) is 11.4. The highest BCUT2D eigenvalue weighted by Crippen LogP contribution is 2.57. The summed E-state index contributed by atoms with van der Waals surface area (Å²) in [6.45, 7) is -3.02. The van der Waals surface area contributed by atoms with Gasteiger partial charge in [-0.25, -0.2) is 28.9 Å². The van der Waals surface area contributed by atoms with Crippen molar-refractivity contribution in [3.05, 3.63) is 41.1 Å². The van der Waals surface area contributed by atoms with Crippen LogP contribution < -0.4 is 10.9 Å². The molecule has 0 amide bonds. The van der Waals surface area contributed by atoms with Crippen LogP contribution in [-0.4, -0.2) is 106 Å². The van der Waals surface area contributed by atoms with Gasteiger partial charge in [0.25, 0.3) is 5.56 Å². The normalized spacial score (nSPS) is 24.7. The second-order valence-corrected chi connectivity index (χ2v) is 16.2. The number of aromatic nitrogens is 7. The molecule has 8 atom stereocenters. The van der Waals surface area contributed by atoms with Gasteiger partial charge in [-0.1, -0.05) is 12.2 Å². The van der Waals surface area contributed by atoms with E-state index < -0.39 is 70.3 Å². The van der Waals surface area contributed by atoms with Gasteiger partial charge in [0.15, 0.2) is 17.4 Å². The van der Waals surface area contributed by atoms with E-state index in [2.05, 4.69) is 37.5 Å². The Labute approximate surface area is 282 Å². The van der Waals surface area contributed by atoms with Gasteiger partial charge >= 0.3 is 14.4 Å². The molecule has 0 bridgehead atoms. The van der Waals surface area contributed by atoms with Crippen molar-refractivity contribution in [3.63, 3.8) is 0 Å². The van der Waals surface area contributed by atoms with Crippen LogP contribution in [-0.2, 0) is 45.1 Å². The highest BCUT2D eigenvalue weighted by molar-refractivity contribution is 8.44. The summed E-state index contributed by atoms with van der Waals surface area (Å²) in [7, 11) is -4.00. The number of thiol groups is 1. The summed E-state index contributed by atoms with van der Waals surface area (Å²) in [6, 6.07) is 0. The first-order chi connectivity index (χ1) is 23.3. The third-order valence-corrected chi connectivity index (χ3v) is 10.2. The maximum atomic E-state index is 15.2. The van der Waals surface area contributed by atoms with Crippen LogP contribution in [0.1, 0.15) is 31.4 Å². The number of aliphatic hydroxyl groups is 2. The number of anilines is 1. The van der Waals surface area contributed by atoms with E-state index in [4.69, 9.17) is 23.0 Å². The number of aryl methyl sites for hydroxylation is 1. The molecule has 0 aromatic carbocycles. The molecule has 1 fully saturated rings. The molecule has 0 radical (unpaired) electrons. The first-order valence-corrected chi connectivity index (χ1v) is 19.8. The van der Waals surface area contributed by atoms with Crippen LogP contribution >= 0.6 is 26.6 Å². The average Bonchev–Trinajstić information content (AvgIpc) is 3.67. The zero-order valence-electron chi connectivity index (χ0n) is 26.2. The van der Waals surface area contributed by atoms with Crippen molar-refractivity contribution in [2.24, 2.45) is 0 Å². The number of nitrogens with zero attached hydrogens (tertiary/aromatic N) is 7. The van der Waals surface area contributed by atoms with E-state index in [1.807, 2.05) is 6.20 Å². The number of rotatable bonds is 14. The first kappa shape index (κ1) is 36.0. The van der Waals surface area contributed by atoms with E-state index in [-0.39, 0.29) is 24.3 Å². The molecule has 4 aromatic heterocycles. The molecule has 6 heterocycles. The lowest BCUT2D eigenvalue weighted by molar-refractivity contribution is -0.125. The summed E-state index contributed by atoms with van der Waals surface area (Å²) in [5.41, 5.74) is 0.822. The Morgan fingerprint density at radius 1 is 1.20 bits per heavy atom. The minimum absolute atomic E-state index is 0.0177. The highest BCUT2D eigenvalue weighted by atomic mass is 32.7. The molecule has 23 heteroatoms. The summed E-state index contributed by atoms with van der Waals surface area (Å²) in [5, 5.41) is 24.4. The van der Waals surface area contributed by atoms with Crippen molar-refractivity contribution in [1.82, 2.24) is 33.6 Å². The van der Waals surface area contributed by atoms with E-state index in [9.17, 15) is 29.0 Å². The maximum Gasteiger partial charge on any atom is 0.386 e. The highest BCUT2D eigenvalue weighted by Gasteiger charge is 2.49. The molecule has 2 unspecified atom stereocenters. The molecule has 0 aliphatic carbocycles. The molecule has 0 spiro atoms. The fourth-order valence-electron chi connectivity index (χ4n) is 5.71. The second kappa shape index (κ2) is 14.4. The van der Waals surface area contributed by atoms with Crippen LogP contribution in [0.25, 0.3) is 22.2 Å². The minimum atomic E-state index is -4.49. The third kappa shape index (κ3) is 7.77. The van der Waals surface area contributed by atoms with Crippen molar-refractivity contribution in [2.75, 3.05) is 38.3 Å². The number of nitrogens with one attached hydrogen (secondary N) is 1. The van der Waals surface area contributed by atoms with Crippen LogP contribution in [0.2, 0.25) is 0 Å². The summed E-state index contributed by atoms with van der Waals surface area (Å²) in [4.78, 5) is 39.4. The van der Waals surface area contributed by atoms with E-state index >= 15 is 4.39 Å². The van der Waals surface area contributed by atoms with Gasteiger partial charge < -0.3 is 39.0 Å². The van der Waals surface area contributed by atoms with Crippen LogP contribution in [0, 0.1) is 0 Å². The summed E-state index contributed by atoms with van der Waals surface area (Å²) in [6.07, 6.45) is -1.71. The van der Waals surface area contributed by atoms with Gasteiger partial charge in [0, 0.05) is 19.4 Å². The van der Waals surface area contributed by atoms with Crippen LogP contribution in [0.4, 0.5) is 10.2 Å². The number of fused-ring (bicyclic) bond motifs is 1. The zero-order valence-corrected chi connectivity index (χ0v) is 28.9. The molecule has 268 valence electrons. The number of alkyl halides is 1. The number of aliphatic hydroxyl groups excluding tert-OH is 2. The zero-order chi connectivity index (χ0) is 35.1. The third-order valence-electron chi connectivity index (χ3n) is 7.92. The van der Waals surface area contributed by atoms with Gasteiger partial charge in [-0.05, 0) is 25.3 Å². The summed E-state index contributed by atoms with van der Waals surface area (Å²) in [5.74, 6) is 0.681. The summed E-state index contributed by atoms with van der Waals surface area (Å²) >= 11 is 3.98. The molecule has 0 saturated carbocycles. The molecular formula is C26H35FN8O11P2S. The average molecular weight is 749 g/mol. The summed E-state index contributed by atoms with van der Waals surface area (Å²) < 4.78 is 71.5. The number of hydrogen-bond donors (Lipinski definition) is 5. The van der Waals surface area contributed by atoms with Crippen LogP contribution in [0.5, 0.6) is 0 Å². The largest absolute Gasteiger partial charge is 0.395 e. The number of hydrogen-bond acceptors (Lipinski definition) is 15. The number of imidazole rings is 1. The monoisotopic (exact) mass is 748 g/mol.